The Morgan fingerprint density at radius 1 is 1.00 bits per heavy atom. The molecule has 3 rings (SSSR count). The number of ether oxygens (including phenoxy) is 1. The van der Waals surface area contributed by atoms with Gasteiger partial charge in [0.25, 0.3) is 0 Å². The molecule has 0 fully saturated rings. The average molecular weight is 678 g/mol. The van der Waals surface area contributed by atoms with E-state index in [1.165, 1.54) is 24.3 Å². The monoisotopic (exact) mass is 677 g/mol. The molecular formula is C25H21ClF9N5O5. The van der Waals surface area contributed by atoms with Crippen molar-refractivity contribution < 1.29 is 58.9 Å². The van der Waals surface area contributed by atoms with Crippen LogP contribution < -0.4 is 16.3 Å². The van der Waals surface area contributed by atoms with Crippen LogP contribution in [0.4, 0.5) is 39.5 Å². The number of benzene rings is 2. The molecule has 0 aliphatic heterocycles. The highest BCUT2D eigenvalue weighted by Crippen LogP contribution is 2.31. The Bertz CT molecular complexity index is 1550. The first kappa shape index (κ1) is 35.4. The first-order valence-electron chi connectivity index (χ1n) is 12.4. The van der Waals surface area contributed by atoms with Crippen molar-refractivity contribution in [3.8, 4) is 11.4 Å². The second kappa shape index (κ2) is 13.9. The van der Waals surface area contributed by atoms with Crippen LogP contribution in [0.15, 0.2) is 53.3 Å². The molecule has 2 aromatic carbocycles. The number of nitrogens with one attached hydrogen (secondary N) is 2. The fraction of sp³-hybridized carbons (Fsp3) is 0.360. The lowest BCUT2D eigenvalue weighted by atomic mass is 10.0. The summed E-state index contributed by atoms with van der Waals surface area (Å²) in [6.07, 6.45) is -18.1. The van der Waals surface area contributed by atoms with Crippen LogP contribution in [-0.2, 0) is 33.6 Å². The summed E-state index contributed by atoms with van der Waals surface area (Å²) in [6, 6.07) is 6.28. The zero-order chi connectivity index (χ0) is 33.7. The maximum atomic E-state index is 13.3. The highest BCUT2D eigenvalue weighted by molar-refractivity contribution is 6.30. The minimum Gasteiger partial charge on any atom is -0.382 e. The quantitative estimate of drug-likeness (QED) is 0.209. The van der Waals surface area contributed by atoms with E-state index in [1.807, 2.05) is 10.6 Å². The standard InChI is InChI=1S/C25H21ClF9N5O5/c26-16-6-4-13(5-7-16)20-38-40(22(44)39(20)11-17(41)24(30,31)32)12-18(42)37-19(21(43)36-8-9-45-25(33,34)35)14-2-1-3-15(10-14)23(27,28)29/h1-7,10,17,19,41H,8-9,11-12H2,(H,36,43)(H,37,42)/t17-,19?/m0/s1. The molecule has 0 bridgehead atoms. The number of carbonyl (C=O) groups is 2. The lowest BCUT2D eigenvalue weighted by molar-refractivity contribution is -0.323. The highest BCUT2D eigenvalue weighted by atomic mass is 35.5. The van der Waals surface area contributed by atoms with Crippen molar-refractivity contribution >= 4 is 23.4 Å². The van der Waals surface area contributed by atoms with E-state index in [0.29, 0.717) is 21.4 Å². The smallest absolute Gasteiger partial charge is 0.382 e. The molecule has 246 valence electrons. The van der Waals surface area contributed by atoms with Gasteiger partial charge in [-0.2, -0.15) is 26.3 Å². The van der Waals surface area contributed by atoms with Gasteiger partial charge in [-0.25, -0.2) is 9.48 Å². The fourth-order valence-corrected chi connectivity index (χ4v) is 3.90. The van der Waals surface area contributed by atoms with Crippen LogP contribution in [0.3, 0.4) is 0 Å². The predicted molar refractivity (Wildman–Crippen MR) is 136 cm³/mol. The van der Waals surface area contributed by atoms with E-state index in [9.17, 15) is 59.0 Å². The van der Waals surface area contributed by atoms with E-state index in [0.717, 1.165) is 12.1 Å². The number of carbonyl (C=O) groups excluding carboxylic acids is 2. The molecule has 0 radical (unpaired) electrons. The Labute approximate surface area is 251 Å². The molecule has 1 heterocycles. The summed E-state index contributed by atoms with van der Waals surface area (Å²) in [4.78, 5) is 38.7. The van der Waals surface area contributed by atoms with Gasteiger partial charge in [-0.3, -0.25) is 18.9 Å². The molecule has 10 nitrogen and oxygen atoms in total. The van der Waals surface area contributed by atoms with Crippen molar-refractivity contribution in [2.75, 3.05) is 13.2 Å². The van der Waals surface area contributed by atoms with Crippen molar-refractivity contribution in [1.82, 2.24) is 25.0 Å². The molecular weight excluding hydrogens is 657 g/mol. The largest absolute Gasteiger partial charge is 0.522 e. The molecule has 1 unspecified atom stereocenters. The second-order valence-electron chi connectivity index (χ2n) is 9.15. The van der Waals surface area contributed by atoms with E-state index < -0.39 is 91.6 Å². The summed E-state index contributed by atoms with van der Waals surface area (Å²) in [5.74, 6) is -2.95. The van der Waals surface area contributed by atoms with Gasteiger partial charge in [-0.05, 0) is 42.0 Å². The maximum absolute atomic E-state index is 13.3. The van der Waals surface area contributed by atoms with Crippen LogP contribution in [0, 0.1) is 0 Å². The number of hydrogen-bond acceptors (Lipinski definition) is 6. The number of halogens is 10. The van der Waals surface area contributed by atoms with Gasteiger partial charge in [0, 0.05) is 17.1 Å². The predicted octanol–water partition coefficient (Wildman–Crippen LogP) is 3.82. The summed E-state index contributed by atoms with van der Waals surface area (Å²) < 4.78 is 120. The van der Waals surface area contributed by atoms with Crippen LogP contribution in [0.2, 0.25) is 5.02 Å². The minimum atomic E-state index is -5.15. The molecule has 45 heavy (non-hydrogen) atoms. The van der Waals surface area contributed by atoms with Gasteiger partial charge >= 0.3 is 24.4 Å². The first-order chi connectivity index (χ1) is 20.8. The number of aliphatic hydroxyl groups excluding tert-OH is 1. The summed E-state index contributed by atoms with van der Waals surface area (Å²) >= 11 is 5.82. The van der Waals surface area contributed by atoms with Gasteiger partial charge in [0.15, 0.2) is 11.9 Å². The zero-order valence-corrected chi connectivity index (χ0v) is 23.1. The lowest BCUT2D eigenvalue weighted by Crippen LogP contribution is -2.44. The summed E-state index contributed by atoms with van der Waals surface area (Å²) in [5, 5.41) is 17.7. The molecule has 0 saturated heterocycles. The molecule has 2 atom stereocenters. The second-order valence-corrected chi connectivity index (χ2v) is 9.58. The van der Waals surface area contributed by atoms with Crippen LogP contribution in [0.25, 0.3) is 11.4 Å². The zero-order valence-electron chi connectivity index (χ0n) is 22.3. The van der Waals surface area contributed by atoms with Crippen LogP contribution in [-0.4, -0.2) is 63.1 Å². The number of rotatable bonds is 11. The van der Waals surface area contributed by atoms with Gasteiger partial charge in [0.2, 0.25) is 11.8 Å². The SMILES string of the molecule is O=C(Cn1nc(-c2ccc(Cl)cc2)n(C[C@H](O)C(F)(F)F)c1=O)NC(C(=O)NCCOC(F)(F)F)c1cccc(C(F)(F)F)c1. The van der Waals surface area contributed by atoms with Crippen LogP contribution >= 0.6 is 11.6 Å². The van der Waals surface area contributed by atoms with Crippen molar-refractivity contribution in [2.24, 2.45) is 0 Å². The Morgan fingerprint density at radius 3 is 2.22 bits per heavy atom. The molecule has 3 aromatic rings. The summed E-state index contributed by atoms with van der Waals surface area (Å²) in [7, 11) is 0. The molecule has 3 N–H and O–H groups in total. The number of amides is 2. The van der Waals surface area contributed by atoms with E-state index in [2.05, 4.69) is 9.84 Å². The molecule has 20 heteroatoms. The van der Waals surface area contributed by atoms with Gasteiger partial charge < -0.3 is 15.7 Å². The molecule has 2 amide bonds. The van der Waals surface area contributed by atoms with E-state index in [1.54, 1.807) is 0 Å². The van der Waals surface area contributed by atoms with Gasteiger partial charge in [0.05, 0.1) is 18.7 Å². The topological polar surface area (TPSA) is 127 Å². The maximum Gasteiger partial charge on any atom is 0.522 e. The Morgan fingerprint density at radius 2 is 1.64 bits per heavy atom. The van der Waals surface area contributed by atoms with Gasteiger partial charge in [-0.1, -0.05) is 23.7 Å². The van der Waals surface area contributed by atoms with Crippen molar-refractivity contribution in [1.29, 1.82) is 0 Å². The van der Waals surface area contributed by atoms with Crippen molar-refractivity contribution in [3.63, 3.8) is 0 Å². The fourth-order valence-electron chi connectivity index (χ4n) is 3.78. The number of hydrogen-bond donors (Lipinski definition) is 3. The van der Waals surface area contributed by atoms with E-state index in [-0.39, 0.29) is 10.6 Å². The summed E-state index contributed by atoms with van der Waals surface area (Å²) in [6.45, 7) is -4.28. The number of aliphatic hydroxyl groups is 1. The average Bonchev–Trinajstić information content (AvgIpc) is 3.22. The van der Waals surface area contributed by atoms with E-state index in [4.69, 9.17) is 11.6 Å². The third-order valence-corrected chi connectivity index (χ3v) is 6.09. The number of alkyl halides is 9. The Hall–Kier alpha value is -4.10. The minimum absolute atomic E-state index is 0.0485. The number of nitrogens with zero attached hydrogens (tertiary/aromatic N) is 3. The molecule has 0 aliphatic carbocycles. The molecule has 0 aliphatic rings. The van der Waals surface area contributed by atoms with Crippen LogP contribution in [0.5, 0.6) is 0 Å². The highest BCUT2D eigenvalue weighted by Gasteiger charge is 2.39. The molecule has 1 aromatic heterocycles. The van der Waals surface area contributed by atoms with Gasteiger partial charge in [-0.15, -0.1) is 18.3 Å². The van der Waals surface area contributed by atoms with Crippen molar-refractivity contribution in [3.05, 3.63) is 75.2 Å². The third-order valence-electron chi connectivity index (χ3n) is 5.83. The third kappa shape index (κ3) is 9.95. The Kier molecular flexibility index (Phi) is 10.9. The normalized spacial score (nSPS) is 13.8. The number of aromatic nitrogens is 3. The Balaban J connectivity index is 1.92. The molecule has 0 saturated carbocycles. The van der Waals surface area contributed by atoms with Crippen molar-refractivity contribution in [2.45, 2.75) is 44.0 Å². The first-order valence-corrected chi connectivity index (χ1v) is 12.8. The van der Waals surface area contributed by atoms with Crippen LogP contribution in [0.1, 0.15) is 17.2 Å². The van der Waals surface area contributed by atoms with E-state index >= 15 is 0 Å². The summed E-state index contributed by atoms with van der Waals surface area (Å²) in [5.41, 5.74) is -2.96. The lowest BCUT2D eigenvalue weighted by Gasteiger charge is -2.20. The van der Waals surface area contributed by atoms with Gasteiger partial charge in [0.1, 0.15) is 12.6 Å². The molecule has 0 spiro atoms.